The second-order valence-electron chi connectivity index (χ2n) is 6.35. The van der Waals surface area contributed by atoms with Gasteiger partial charge in [0.1, 0.15) is 12.4 Å². The van der Waals surface area contributed by atoms with Gasteiger partial charge in [0.15, 0.2) is 15.6 Å². The van der Waals surface area contributed by atoms with Crippen molar-refractivity contribution in [2.45, 2.75) is 38.7 Å². The topological polar surface area (TPSA) is 86.7 Å². The van der Waals surface area contributed by atoms with Gasteiger partial charge >= 0.3 is 5.97 Å². The van der Waals surface area contributed by atoms with Gasteiger partial charge in [0.2, 0.25) is 0 Å². The molecule has 0 spiro atoms. The number of carbonyl (C=O) groups excluding carboxylic acids is 2. The maximum atomic E-state index is 12.3. The molecule has 0 aliphatic carbocycles. The van der Waals surface area contributed by atoms with E-state index >= 15 is 0 Å². The Morgan fingerprint density at radius 1 is 1.04 bits per heavy atom. The maximum absolute atomic E-state index is 12.3. The molecule has 2 aromatic carbocycles. The van der Waals surface area contributed by atoms with Crippen LogP contribution in [0.5, 0.6) is 5.75 Å². The van der Waals surface area contributed by atoms with Crippen molar-refractivity contribution < 1.29 is 27.5 Å². The predicted octanol–water partition coefficient (Wildman–Crippen LogP) is 3.50. The van der Waals surface area contributed by atoms with Gasteiger partial charge in [-0.1, -0.05) is 17.7 Å². The van der Waals surface area contributed by atoms with E-state index < -0.39 is 15.8 Å². The Balaban J connectivity index is 1.99. The third kappa shape index (κ3) is 5.92. The largest absolute Gasteiger partial charge is 0.493 e. The third-order valence-electron chi connectivity index (χ3n) is 4.11. The smallest absolute Gasteiger partial charge is 0.307 e. The average molecular weight is 404 g/mol. The van der Waals surface area contributed by atoms with Gasteiger partial charge in [0.05, 0.1) is 23.7 Å². The quantitative estimate of drug-likeness (QED) is 0.470. The molecule has 0 amide bonds. The van der Waals surface area contributed by atoms with Crippen LogP contribution in [0.2, 0.25) is 0 Å². The Kier molecular flexibility index (Phi) is 7.34. The number of Topliss-reactive ketones (excluding diaryl/α,β-unsaturated/α-hetero) is 1. The molecule has 6 nitrogen and oxygen atoms in total. The summed E-state index contributed by atoms with van der Waals surface area (Å²) in [6, 6.07) is 11.4. The first-order chi connectivity index (χ1) is 13.2. The lowest BCUT2D eigenvalue weighted by atomic mass is 10.1. The number of aryl methyl sites for hydroxylation is 1. The molecule has 0 atom stereocenters. The summed E-state index contributed by atoms with van der Waals surface area (Å²) in [7, 11) is -3.56. The van der Waals surface area contributed by atoms with E-state index in [0.717, 1.165) is 5.56 Å². The third-order valence-corrected chi connectivity index (χ3v) is 5.84. The molecule has 150 valence electrons. The van der Waals surface area contributed by atoms with Crippen molar-refractivity contribution in [2.75, 3.05) is 12.4 Å². The summed E-state index contributed by atoms with van der Waals surface area (Å²) in [5.74, 6) is -0.556. The van der Waals surface area contributed by atoms with Crippen LogP contribution in [0.3, 0.4) is 0 Å². The molecule has 7 heteroatoms. The van der Waals surface area contributed by atoms with Gasteiger partial charge in [-0.3, -0.25) is 9.59 Å². The number of carbonyl (C=O) groups is 2. The zero-order valence-corrected chi connectivity index (χ0v) is 17.0. The first-order valence-electron chi connectivity index (χ1n) is 8.94. The summed E-state index contributed by atoms with van der Waals surface area (Å²) in [4.78, 5) is 23.8. The molecule has 28 heavy (non-hydrogen) atoms. The minimum absolute atomic E-state index is 0.0974. The number of rotatable bonds is 9. The summed E-state index contributed by atoms with van der Waals surface area (Å²) in [5, 5.41) is 0. The zero-order chi connectivity index (χ0) is 20.7. The fourth-order valence-corrected chi connectivity index (χ4v) is 3.74. The van der Waals surface area contributed by atoms with Crippen LogP contribution in [0.4, 0.5) is 0 Å². The van der Waals surface area contributed by atoms with Gasteiger partial charge in [-0.25, -0.2) is 8.42 Å². The number of ether oxygens (including phenoxy) is 2. The summed E-state index contributed by atoms with van der Waals surface area (Å²) in [6.45, 7) is 5.46. The van der Waals surface area contributed by atoms with Gasteiger partial charge < -0.3 is 9.47 Å². The van der Waals surface area contributed by atoms with Crippen molar-refractivity contribution in [1.82, 2.24) is 0 Å². The van der Waals surface area contributed by atoms with Crippen LogP contribution in [0.25, 0.3) is 0 Å². The lowest BCUT2D eigenvalue weighted by Crippen LogP contribution is -2.14. The van der Waals surface area contributed by atoms with Gasteiger partial charge in [0, 0.05) is 11.1 Å². The molecule has 2 rings (SSSR count). The van der Waals surface area contributed by atoms with Crippen LogP contribution in [0.1, 0.15) is 41.8 Å². The van der Waals surface area contributed by atoms with Crippen molar-refractivity contribution in [3.05, 3.63) is 59.2 Å². The molecule has 0 aliphatic rings. The van der Waals surface area contributed by atoms with Crippen LogP contribution in [0, 0.1) is 6.92 Å². The summed E-state index contributed by atoms with van der Waals surface area (Å²) < 4.78 is 35.3. The fourth-order valence-electron chi connectivity index (χ4n) is 2.52. The average Bonchev–Trinajstić information content (AvgIpc) is 2.66. The van der Waals surface area contributed by atoms with E-state index in [0.29, 0.717) is 23.5 Å². The number of hydrogen-bond acceptors (Lipinski definition) is 6. The number of ketones is 1. The second-order valence-corrected chi connectivity index (χ2v) is 8.46. The van der Waals surface area contributed by atoms with E-state index in [4.69, 9.17) is 9.47 Å². The predicted molar refractivity (Wildman–Crippen MR) is 105 cm³/mol. The first-order valence-corrected chi connectivity index (χ1v) is 10.6. The maximum Gasteiger partial charge on any atom is 0.307 e. The standard InChI is InChI=1S/C21H24O6S/c1-4-26-20-10-7-17(16(3)22)13-18(20)14-27-21(23)11-12-28(24,25)19-8-5-15(2)6-9-19/h5-10,13H,4,11-12,14H2,1-3H3. The molecule has 0 aromatic heterocycles. The SMILES string of the molecule is CCOc1ccc(C(C)=O)cc1COC(=O)CCS(=O)(=O)c1ccc(C)cc1. The van der Waals surface area contributed by atoms with Crippen LogP contribution in [0.15, 0.2) is 47.4 Å². The molecule has 0 saturated carbocycles. The Morgan fingerprint density at radius 2 is 1.71 bits per heavy atom. The molecule has 0 heterocycles. The van der Waals surface area contributed by atoms with Crippen molar-refractivity contribution in [1.29, 1.82) is 0 Å². The number of sulfone groups is 1. The summed E-state index contributed by atoms with van der Waals surface area (Å²) in [5.41, 5.74) is 2.00. The van der Waals surface area contributed by atoms with E-state index in [-0.39, 0.29) is 29.5 Å². The van der Waals surface area contributed by atoms with Crippen LogP contribution >= 0.6 is 0 Å². The van der Waals surface area contributed by atoms with E-state index in [1.54, 1.807) is 30.3 Å². The van der Waals surface area contributed by atoms with Gasteiger partial charge in [-0.2, -0.15) is 0 Å². The lowest BCUT2D eigenvalue weighted by Gasteiger charge is -2.12. The number of hydrogen-bond donors (Lipinski definition) is 0. The molecule has 0 bridgehead atoms. The van der Waals surface area contributed by atoms with Crippen molar-refractivity contribution in [2.24, 2.45) is 0 Å². The molecule has 0 saturated heterocycles. The first kappa shape index (κ1) is 21.6. The van der Waals surface area contributed by atoms with Crippen LogP contribution in [-0.4, -0.2) is 32.5 Å². The Bertz CT molecular complexity index is 945. The minimum Gasteiger partial charge on any atom is -0.493 e. The van der Waals surface area contributed by atoms with E-state index in [2.05, 4.69) is 0 Å². The molecule has 0 aliphatic heterocycles. The molecule has 0 unspecified atom stereocenters. The van der Waals surface area contributed by atoms with Gasteiger partial charge in [0.25, 0.3) is 0 Å². The monoisotopic (exact) mass is 404 g/mol. The second kappa shape index (κ2) is 9.50. The highest BCUT2D eigenvalue weighted by atomic mass is 32.2. The van der Waals surface area contributed by atoms with E-state index in [9.17, 15) is 18.0 Å². The molecule has 0 radical (unpaired) electrons. The van der Waals surface area contributed by atoms with Gasteiger partial charge in [-0.05, 0) is 51.1 Å². The fraction of sp³-hybridized carbons (Fsp3) is 0.333. The Labute approximate surface area is 165 Å². The molecular weight excluding hydrogens is 380 g/mol. The molecule has 2 aromatic rings. The van der Waals surface area contributed by atoms with Crippen molar-refractivity contribution >= 4 is 21.6 Å². The minimum atomic E-state index is -3.56. The highest BCUT2D eigenvalue weighted by Crippen LogP contribution is 2.22. The summed E-state index contributed by atoms with van der Waals surface area (Å²) in [6.07, 6.45) is -0.257. The van der Waals surface area contributed by atoms with E-state index in [1.165, 1.54) is 19.1 Å². The highest BCUT2D eigenvalue weighted by molar-refractivity contribution is 7.91. The van der Waals surface area contributed by atoms with Crippen LogP contribution < -0.4 is 4.74 Å². The normalized spacial score (nSPS) is 11.1. The highest BCUT2D eigenvalue weighted by Gasteiger charge is 2.18. The number of esters is 1. The van der Waals surface area contributed by atoms with Crippen molar-refractivity contribution in [3.63, 3.8) is 0 Å². The lowest BCUT2D eigenvalue weighted by molar-refractivity contribution is -0.144. The van der Waals surface area contributed by atoms with E-state index in [1.807, 2.05) is 13.8 Å². The number of benzene rings is 2. The van der Waals surface area contributed by atoms with Gasteiger partial charge in [-0.15, -0.1) is 0 Å². The zero-order valence-electron chi connectivity index (χ0n) is 16.2. The van der Waals surface area contributed by atoms with Crippen LogP contribution in [-0.2, 0) is 26.0 Å². The Hall–Kier alpha value is -2.67. The molecule has 0 N–H and O–H groups in total. The summed E-state index contributed by atoms with van der Waals surface area (Å²) >= 11 is 0. The van der Waals surface area contributed by atoms with Crippen molar-refractivity contribution in [3.8, 4) is 5.75 Å². The molecular formula is C21H24O6S. The Morgan fingerprint density at radius 3 is 2.32 bits per heavy atom. The molecule has 0 fully saturated rings.